The Balaban J connectivity index is 1.57. The lowest BCUT2D eigenvalue weighted by atomic mass is 10.1. The number of benzene rings is 1. The number of hydrogen-bond acceptors (Lipinski definition) is 6. The molecule has 0 bridgehead atoms. The van der Waals surface area contributed by atoms with Crippen molar-refractivity contribution < 1.29 is 9.26 Å². The topological polar surface area (TPSA) is 69.2 Å². The first-order valence-electron chi connectivity index (χ1n) is 8.43. The second-order valence-electron chi connectivity index (χ2n) is 6.26. The molecular formula is C18H21N5O2. The molecule has 0 amide bonds. The fraction of sp³-hybridized carbons (Fsp3) is 0.389. The van der Waals surface area contributed by atoms with Crippen molar-refractivity contribution in [2.45, 2.75) is 26.4 Å². The van der Waals surface area contributed by atoms with Gasteiger partial charge >= 0.3 is 0 Å². The van der Waals surface area contributed by atoms with E-state index in [2.05, 4.69) is 38.5 Å². The minimum atomic E-state index is -0.0191. The lowest BCUT2D eigenvalue weighted by molar-refractivity contribution is -0.0241. The van der Waals surface area contributed by atoms with Gasteiger partial charge in [0.1, 0.15) is 6.04 Å². The number of hydrogen-bond donors (Lipinski definition) is 0. The number of ether oxygens (including phenoxy) is 1. The molecule has 2 aromatic heterocycles. The number of aryl methyl sites for hydroxylation is 2. The zero-order valence-corrected chi connectivity index (χ0v) is 14.4. The SMILES string of the molecule is Cc1noc([C@@H]2COCCN2Cc2cn(-c3ccccc3)nc2C)n1. The highest BCUT2D eigenvalue weighted by molar-refractivity contribution is 5.32. The third-order valence-corrected chi connectivity index (χ3v) is 4.46. The van der Waals surface area contributed by atoms with Gasteiger partial charge in [0.2, 0.25) is 5.89 Å². The lowest BCUT2D eigenvalue weighted by Crippen LogP contribution is -2.39. The van der Waals surface area contributed by atoms with E-state index in [9.17, 15) is 0 Å². The van der Waals surface area contributed by atoms with Gasteiger partial charge in [0.25, 0.3) is 0 Å². The first-order valence-corrected chi connectivity index (χ1v) is 8.43. The molecule has 1 aromatic carbocycles. The molecule has 0 spiro atoms. The summed E-state index contributed by atoms with van der Waals surface area (Å²) in [6.07, 6.45) is 2.09. The van der Waals surface area contributed by atoms with Crippen LogP contribution in [-0.4, -0.2) is 44.6 Å². The monoisotopic (exact) mass is 339 g/mol. The predicted molar refractivity (Wildman–Crippen MR) is 91.3 cm³/mol. The van der Waals surface area contributed by atoms with Crippen LogP contribution < -0.4 is 0 Å². The van der Waals surface area contributed by atoms with Gasteiger partial charge in [-0.05, 0) is 26.0 Å². The summed E-state index contributed by atoms with van der Waals surface area (Å²) in [7, 11) is 0. The molecule has 1 aliphatic heterocycles. The predicted octanol–water partition coefficient (Wildman–Crippen LogP) is 2.45. The van der Waals surface area contributed by atoms with E-state index in [0.717, 1.165) is 24.5 Å². The Morgan fingerprint density at radius 3 is 2.80 bits per heavy atom. The average Bonchev–Trinajstić information content (AvgIpc) is 3.23. The van der Waals surface area contributed by atoms with E-state index >= 15 is 0 Å². The van der Waals surface area contributed by atoms with Gasteiger partial charge in [-0.1, -0.05) is 23.4 Å². The van der Waals surface area contributed by atoms with Crippen LogP contribution in [0.15, 0.2) is 41.1 Å². The molecule has 130 valence electrons. The molecule has 4 rings (SSSR count). The maximum atomic E-state index is 5.63. The summed E-state index contributed by atoms with van der Waals surface area (Å²) in [6, 6.07) is 10.1. The summed E-state index contributed by atoms with van der Waals surface area (Å²) in [5.41, 5.74) is 3.27. The second kappa shape index (κ2) is 6.78. The Kier molecular flexibility index (Phi) is 4.33. The van der Waals surface area contributed by atoms with Gasteiger partial charge in [0.05, 0.1) is 24.6 Å². The molecule has 0 N–H and O–H groups in total. The summed E-state index contributed by atoms with van der Waals surface area (Å²) in [5.74, 6) is 1.26. The Bertz CT molecular complexity index is 842. The fourth-order valence-corrected chi connectivity index (χ4v) is 3.09. The van der Waals surface area contributed by atoms with E-state index in [1.54, 1.807) is 0 Å². The molecule has 0 aliphatic carbocycles. The Morgan fingerprint density at radius 2 is 2.04 bits per heavy atom. The van der Waals surface area contributed by atoms with Crippen LogP contribution >= 0.6 is 0 Å². The Morgan fingerprint density at radius 1 is 1.20 bits per heavy atom. The summed E-state index contributed by atoms with van der Waals surface area (Å²) in [6.45, 7) is 6.73. The smallest absolute Gasteiger partial charge is 0.246 e. The third-order valence-electron chi connectivity index (χ3n) is 4.46. The fourth-order valence-electron chi connectivity index (χ4n) is 3.09. The molecule has 1 saturated heterocycles. The molecule has 7 nitrogen and oxygen atoms in total. The van der Waals surface area contributed by atoms with Gasteiger partial charge in [-0.25, -0.2) is 4.68 Å². The van der Waals surface area contributed by atoms with Gasteiger partial charge in [-0.15, -0.1) is 0 Å². The Labute approximate surface area is 146 Å². The van der Waals surface area contributed by atoms with E-state index in [-0.39, 0.29) is 6.04 Å². The molecule has 3 heterocycles. The van der Waals surface area contributed by atoms with Crippen LogP contribution in [0, 0.1) is 13.8 Å². The second-order valence-corrected chi connectivity index (χ2v) is 6.26. The molecule has 25 heavy (non-hydrogen) atoms. The van der Waals surface area contributed by atoms with E-state index in [1.165, 1.54) is 5.56 Å². The van der Waals surface area contributed by atoms with Crippen molar-refractivity contribution in [1.82, 2.24) is 24.8 Å². The largest absolute Gasteiger partial charge is 0.378 e. The molecule has 0 saturated carbocycles. The molecule has 1 fully saturated rings. The quantitative estimate of drug-likeness (QED) is 0.727. The van der Waals surface area contributed by atoms with E-state index < -0.39 is 0 Å². The van der Waals surface area contributed by atoms with Crippen LogP contribution in [0.1, 0.15) is 29.0 Å². The van der Waals surface area contributed by atoms with Crippen LogP contribution in [-0.2, 0) is 11.3 Å². The van der Waals surface area contributed by atoms with E-state index in [4.69, 9.17) is 9.26 Å². The van der Waals surface area contributed by atoms with Gasteiger partial charge < -0.3 is 9.26 Å². The lowest BCUT2D eigenvalue weighted by Gasteiger charge is -2.33. The molecule has 7 heteroatoms. The minimum absolute atomic E-state index is 0.0191. The molecule has 0 radical (unpaired) electrons. The molecule has 3 aromatic rings. The van der Waals surface area contributed by atoms with E-state index in [1.807, 2.05) is 36.7 Å². The van der Waals surface area contributed by atoms with Gasteiger partial charge in [-0.2, -0.15) is 10.1 Å². The van der Waals surface area contributed by atoms with Crippen molar-refractivity contribution in [2.75, 3.05) is 19.8 Å². The number of rotatable bonds is 4. The maximum absolute atomic E-state index is 5.63. The van der Waals surface area contributed by atoms with Crippen LogP contribution in [0.4, 0.5) is 0 Å². The highest BCUT2D eigenvalue weighted by atomic mass is 16.5. The van der Waals surface area contributed by atoms with Crippen molar-refractivity contribution in [3.05, 3.63) is 59.5 Å². The summed E-state index contributed by atoms with van der Waals surface area (Å²) >= 11 is 0. The van der Waals surface area contributed by atoms with Gasteiger partial charge in [0, 0.05) is 24.8 Å². The van der Waals surface area contributed by atoms with Gasteiger partial charge in [0.15, 0.2) is 5.82 Å². The molecule has 1 atom stereocenters. The number of para-hydroxylation sites is 1. The van der Waals surface area contributed by atoms with Crippen molar-refractivity contribution in [1.29, 1.82) is 0 Å². The van der Waals surface area contributed by atoms with Gasteiger partial charge in [-0.3, -0.25) is 4.90 Å². The summed E-state index contributed by atoms with van der Waals surface area (Å²) in [5, 5.41) is 8.57. The van der Waals surface area contributed by atoms with Crippen LogP contribution in [0.2, 0.25) is 0 Å². The molecular weight excluding hydrogens is 318 g/mol. The minimum Gasteiger partial charge on any atom is -0.378 e. The average molecular weight is 339 g/mol. The van der Waals surface area contributed by atoms with Crippen molar-refractivity contribution in [3.63, 3.8) is 0 Å². The normalized spacial score (nSPS) is 18.6. The van der Waals surface area contributed by atoms with E-state index in [0.29, 0.717) is 24.9 Å². The van der Waals surface area contributed by atoms with Crippen LogP contribution in [0.3, 0.4) is 0 Å². The maximum Gasteiger partial charge on any atom is 0.246 e. The number of nitrogens with zero attached hydrogens (tertiary/aromatic N) is 5. The standard InChI is InChI=1S/C18H21N5O2/c1-13-15(11-23(20-13)16-6-4-3-5-7-16)10-22-8-9-24-12-17(22)18-19-14(2)21-25-18/h3-7,11,17H,8-10,12H2,1-2H3/t17-/m0/s1. The van der Waals surface area contributed by atoms with Crippen molar-refractivity contribution >= 4 is 0 Å². The zero-order valence-electron chi connectivity index (χ0n) is 14.4. The third kappa shape index (κ3) is 3.33. The first-order chi connectivity index (χ1) is 12.2. The zero-order chi connectivity index (χ0) is 17.2. The highest BCUT2D eigenvalue weighted by Crippen LogP contribution is 2.25. The summed E-state index contributed by atoms with van der Waals surface area (Å²) in [4.78, 5) is 6.70. The first kappa shape index (κ1) is 16.0. The number of aromatic nitrogens is 4. The molecule has 1 aliphatic rings. The van der Waals surface area contributed by atoms with Crippen LogP contribution in [0.25, 0.3) is 5.69 Å². The Hall–Kier alpha value is -2.51. The van der Waals surface area contributed by atoms with Crippen LogP contribution in [0.5, 0.6) is 0 Å². The highest BCUT2D eigenvalue weighted by Gasteiger charge is 2.30. The number of morpholine rings is 1. The van der Waals surface area contributed by atoms with Crippen molar-refractivity contribution in [2.24, 2.45) is 0 Å². The summed E-state index contributed by atoms with van der Waals surface area (Å²) < 4.78 is 12.9. The molecule has 0 unspecified atom stereocenters. The van der Waals surface area contributed by atoms with Crippen molar-refractivity contribution in [3.8, 4) is 5.69 Å².